The van der Waals surface area contributed by atoms with Gasteiger partial charge in [0, 0.05) is 24.8 Å². The Balaban J connectivity index is 1.92. The van der Waals surface area contributed by atoms with E-state index in [-0.39, 0.29) is 16.7 Å². The minimum Gasteiger partial charge on any atom is -0.369 e. The fraction of sp³-hybridized carbons (Fsp3) is 0.500. The first-order chi connectivity index (χ1) is 11.7. The lowest BCUT2D eigenvalue weighted by Gasteiger charge is -2.45. The smallest absolute Gasteiger partial charge is 0.293 e. The van der Waals surface area contributed by atoms with E-state index in [1.165, 1.54) is 16.2 Å². The van der Waals surface area contributed by atoms with Crippen molar-refractivity contribution in [1.29, 1.82) is 0 Å². The summed E-state index contributed by atoms with van der Waals surface area (Å²) in [4.78, 5) is 28.6. The Morgan fingerprint density at radius 1 is 1.32 bits per heavy atom. The molecule has 4 nitrogen and oxygen atoms in total. The van der Waals surface area contributed by atoms with E-state index in [1.54, 1.807) is 0 Å². The highest BCUT2D eigenvalue weighted by Gasteiger charge is 2.35. The maximum absolute atomic E-state index is 12.4. The van der Waals surface area contributed by atoms with Gasteiger partial charge < -0.3 is 4.90 Å². The second-order valence-corrected chi connectivity index (χ2v) is 8.62. The Bertz CT molecular complexity index is 754. The first-order valence-electron chi connectivity index (χ1n) is 8.87. The molecule has 0 unspecified atom stereocenters. The summed E-state index contributed by atoms with van der Waals surface area (Å²) in [5.41, 5.74) is 3.68. The van der Waals surface area contributed by atoms with Crippen LogP contribution < -0.4 is 4.90 Å². The highest BCUT2D eigenvalue weighted by atomic mass is 32.2. The van der Waals surface area contributed by atoms with Crippen molar-refractivity contribution in [2.24, 2.45) is 0 Å². The van der Waals surface area contributed by atoms with Gasteiger partial charge in [-0.3, -0.25) is 14.5 Å². The molecule has 25 heavy (non-hydrogen) atoms. The lowest BCUT2D eigenvalue weighted by molar-refractivity contribution is -0.122. The lowest BCUT2D eigenvalue weighted by atomic mass is 9.80. The maximum Gasteiger partial charge on any atom is 0.293 e. The molecule has 0 N–H and O–H groups in total. The highest BCUT2D eigenvalue weighted by Crippen LogP contribution is 2.43. The van der Waals surface area contributed by atoms with Crippen LogP contribution >= 0.6 is 11.8 Å². The van der Waals surface area contributed by atoms with Gasteiger partial charge in [-0.05, 0) is 73.7 Å². The van der Waals surface area contributed by atoms with Crippen molar-refractivity contribution in [3.05, 3.63) is 34.2 Å². The molecule has 0 aromatic heterocycles. The van der Waals surface area contributed by atoms with Gasteiger partial charge in [0.05, 0.1) is 4.91 Å². The molecule has 5 heteroatoms. The summed E-state index contributed by atoms with van der Waals surface area (Å²) in [6.07, 6.45) is 3.73. The molecule has 1 atom stereocenters. The van der Waals surface area contributed by atoms with Crippen LogP contribution in [0.15, 0.2) is 23.1 Å². The van der Waals surface area contributed by atoms with Crippen LogP contribution in [-0.4, -0.2) is 35.2 Å². The zero-order chi connectivity index (χ0) is 18.4. The fourth-order valence-electron chi connectivity index (χ4n) is 3.75. The molecule has 1 aromatic carbocycles. The number of thioether (sulfide) groups is 1. The Kier molecular flexibility index (Phi) is 4.71. The van der Waals surface area contributed by atoms with Gasteiger partial charge in [0.15, 0.2) is 0 Å². The molecule has 2 amide bonds. The normalized spacial score (nSPS) is 24.2. The molecule has 134 valence electrons. The number of anilines is 1. The molecule has 0 bridgehead atoms. The van der Waals surface area contributed by atoms with Crippen LogP contribution in [-0.2, 0) is 4.79 Å². The van der Waals surface area contributed by atoms with Crippen molar-refractivity contribution >= 4 is 34.7 Å². The van der Waals surface area contributed by atoms with Gasteiger partial charge in [-0.15, -0.1) is 0 Å². The van der Waals surface area contributed by atoms with Gasteiger partial charge in [-0.1, -0.05) is 19.9 Å². The summed E-state index contributed by atoms with van der Waals surface area (Å²) < 4.78 is 0. The van der Waals surface area contributed by atoms with Crippen LogP contribution in [0.2, 0.25) is 0 Å². The van der Waals surface area contributed by atoms with Gasteiger partial charge in [0.2, 0.25) is 0 Å². The van der Waals surface area contributed by atoms with Crippen molar-refractivity contribution < 1.29 is 9.59 Å². The van der Waals surface area contributed by atoms with Crippen molar-refractivity contribution in [2.45, 2.75) is 52.0 Å². The summed E-state index contributed by atoms with van der Waals surface area (Å²) >= 11 is 1.04. The van der Waals surface area contributed by atoms with E-state index in [2.05, 4.69) is 44.9 Å². The predicted molar refractivity (Wildman–Crippen MR) is 105 cm³/mol. The molecule has 2 heterocycles. The van der Waals surface area contributed by atoms with Crippen molar-refractivity contribution in [2.75, 3.05) is 18.5 Å². The summed E-state index contributed by atoms with van der Waals surface area (Å²) in [6.45, 7) is 9.25. The van der Waals surface area contributed by atoms with Crippen molar-refractivity contribution in [3.8, 4) is 0 Å². The molecule has 0 radical (unpaired) electrons. The van der Waals surface area contributed by atoms with Gasteiger partial charge in [0.1, 0.15) is 0 Å². The van der Waals surface area contributed by atoms with Gasteiger partial charge in [0.25, 0.3) is 11.1 Å². The second kappa shape index (κ2) is 6.52. The maximum atomic E-state index is 12.4. The summed E-state index contributed by atoms with van der Waals surface area (Å²) in [7, 11) is 2.14. The third kappa shape index (κ3) is 3.22. The topological polar surface area (TPSA) is 40.6 Å². The van der Waals surface area contributed by atoms with E-state index in [9.17, 15) is 9.59 Å². The summed E-state index contributed by atoms with van der Waals surface area (Å²) in [6, 6.07) is 6.34. The molecule has 2 aliphatic rings. The molecular formula is C20H26N2O2S. The minimum absolute atomic E-state index is 0.136. The van der Waals surface area contributed by atoms with Crippen molar-refractivity contribution in [3.63, 3.8) is 0 Å². The average molecular weight is 359 g/mol. The number of carbonyl (C=O) groups excluding carboxylic acids is 2. The van der Waals surface area contributed by atoms with Crippen LogP contribution in [0.25, 0.3) is 6.08 Å². The lowest BCUT2D eigenvalue weighted by Crippen LogP contribution is -2.45. The zero-order valence-corrected chi connectivity index (χ0v) is 16.4. The fourth-order valence-corrected chi connectivity index (χ4v) is 4.62. The Morgan fingerprint density at radius 2 is 2.04 bits per heavy atom. The van der Waals surface area contributed by atoms with E-state index >= 15 is 0 Å². The van der Waals surface area contributed by atoms with Gasteiger partial charge >= 0.3 is 0 Å². The van der Waals surface area contributed by atoms with Crippen LogP contribution in [0.4, 0.5) is 10.5 Å². The van der Waals surface area contributed by atoms with E-state index in [0.29, 0.717) is 17.4 Å². The molecule has 0 spiro atoms. The van der Waals surface area contributed by atoms with Crippen LogP contribution in [0.5, 0.6) is 0 Å². The number of rotatable bonds is 3. The first kappa shape index (κ1) is 18.1. The van der Waals surface area contributed by atoms with Crippen LogP contribution in [0, 0.1) is 0 Å². The number of nitrogens with zero attached hydrogens (tertiary/aromatic N) is 2. The van der Waals surface area contributed by atoms with Crippen LogP contribution in [0.1, 0.15) is 57.6 Å². The second-order valence-electron chi connectivity index (χ2n) is 7.63. The largest absolute Gasteiger partial charge is 0.369 e. The van der Waals surface area contributed by atoms with E-state index in [0.717, 1.165) is 30.2 Å². The molecule has 1 saturated heterocycles. The standard InChI is InChI=1S/C20H26N2O2S/c1-6-9-22-18(23)17(25-19(22)24)11-14-7-8-16-15(10-14)13(2)12-20(3,4)21(16)5/h7-8,10-11,13H,6,9,12H2,1-5H3/b17-11-/t13-/m1/s1. The Labute approximate surface area is 154 Å². The number of benzene rings is 1. The number of carbonyl (C=O) groups is 2. The monoisotopic (exact) mass is 358 g/mol. The third-order valence-electron chi connectivity index (χ3n) is 5.28. The van der Waals surface area contributed by atoms with E-state index in [1.807, 2.05) is 19.1 Å². The molecule has 2 aliphatic heterocycles. The Hall–Kier alpha value is -1.75. The Morgan fingerprint density at radius 3 is 2.72 bits per heavy atom. The zero-order valence-electron chi connectivity index (χ0n) is 15.6. The van der Waals surface area contributed by atoms with E-state index < -0.39 is 0 Å². The SMILES string of the molecule is CCCN1C(=O)S/C(=C\c2ccc3c(c2)[C@H](C)CC(C)(C)N3C)C1=O. The van der Waals surface area contributed by atoms with Crippen LogP contribution in [0.3, 0.4) is 0 Å². The molecule has 0 saturated carbocycles. The first-order valence-corrected chi connectivity index (χ1v) is 9.69. The highest BCUT2D eigenvalue weighted by molar-refractivity contribution is 8.18. The average Bonchev–Trinajstić information content (AvgIpc) is 2.80. The number of hydrogen-bond donors (Lipinski definition) is 0. The minimum atomic E-state index is -0.166. The van der Waals surface area contributed by atoms with Gasteiger partial charge in [-0.2, -0.15) is 0 Å². The number of fused-ring (bicyclic) bond motifs is 1. The summed E-state index contributed by atoms with van der Waals surface area (Å²) in [5, 5.41) is -0.161. The van der Waals surface area contributed by atoms with E-state index in [4.69, 9.17) is 0 Å². The summed E-state index contributed by atoms with van der Waals surface area (Å²) in [5.74, 6) is 0.297. The van der Waals surface area contributed by atoms with Crippen molar-refractivity contribution in [1.82, 2.24) is 4.90 Å². The number of hydrogen-bond acceptors (Lipinski definition) is 4. The molecule has 3 rings (SSSR count). The molecule has 0 aliphatic carbocycles. The third-order valence-corrected chi connectivity index (χ3v) is 6.18. The quantitative estimate of drug-likeness (QED) is 0.724. The molecular weight excluding hydrogens is 332 g/mol. The van der Waals surface area contributed by atoms with Gasteiger partial charge in [-0.25, -0.2) is 0 Å². The molecule has 1 aromatic rings. The molecule has 1 fully saturated rings. The predicted octanol–water partition coefficient (Wildman–Crippen LogP) is 4.85. The number of amides is 2. The number of imide groups is 1.